The lowest BCUT2D eigenvalue weighted by atomic mass is 10.1. The maximum absolute atomic E-state index is 13.3. The van der Waals surface area contributed by atoms with E-state index < -0.39 is 17.6 Å². The number of pyridine rings is 1. The minimum Gasteiger partial charge on any atom is -0.349 e. The zero-order chi connectivity index (χ0) is 21.3. The Morgan fingerprint density at radius 1 is 1.07 bits per heavy atom. The van der Waals surface area contributed by atoms with Gasteiger partial charge in [-0.25, -0.2) is 4.98 Å². The Morgan fingerprint density at radius 3 is 2.50 bits per heavy atom. The largest absolute Gasteiger partial charge is 0.417 e. The zero-order valence-corrected chi connectivity index (χ0v) is 16.2. The van der Waals surface area contributed by atoms with Gasteiger partial charge in [0.2, 0.25) is 0 Å². The van der Waals surface area contributed by atoms with E-state index in [-0.39, 0.29) is 24.2 Å². The fourth-order valence-electron chi connectivity index (χ4n) is 3.44. The number of aromatic nitrogens is 1. The third kappa shape index (κ3) is 4.39. The van der Waals surface area contributed by atoms with E-state index in [9.17, 15) is 22.8 Å². The molecule has 1 N–H and O–H groups in total. The maximum atomic E-state index is 13.3. The Labute approximate surface area is 171 Å². The molecule has 2 fully saturated rings. The summed E-state index contributed by atoms with van der Waals surface area (Å²) in [6, 6.07) is 8.43. The summed E-state index contributed by atoms with van der Waals surface area (Å²) in [6.07, 6.45) is -0.531. The minimum atomic E-state index is -4.60. The molecule has 4 rings (SSSR count). The van der Waals surface area contributed by atoms with Crippen molar-refractivity contribution in [1.82, 2.24) is 15.2 Å². The molecular formula is C21H21F3N4O2. The van der Waals surface area contributed by atoms with Gasteiger partial charge in [-0.3, -0.25) is 9.59 Å². The second kappa shape index (κ2) is 7.97. The van der Waals surface area contributed by atoms with Gasteiger partial charge in [0.25, 0.3) is 11.8 Å². The number of carbonyl (C=O) groups excluding carboxylic acids is 2. The zero-order valence-electron chi connectivity index (χ0n) is 16.2. The van der Waals surface area contributed by atoms with Gasteiger partial charge in [0.1, 0.15) is 5.82 Å². The van der Waals surface area contributed by atoms with Crippen molar-refractivity contribution in [2.75, 3.05) is 24.7 Å². The highest BCUT2D eigenvalue weighted by Gasteiger charge is 2.36. The van der Waals surface area contributed by atoms with Gasteiger partial charge in [-0.1, -0.05) is 12.1 Å². The molecule has 2 amide bonds. The summed E-state index contributed by atoms with van der Waals surface area (Å²) in [5.74, 6) is -0.261. The van der Waals surface area contributed by atoms with Crippen molar-refractivity contribution >= 4 is 17.6 Å². The maximum Gasteiger partial charge on any atom is 0.417 e. The van der Waals surface area contributed by atoms with Gasteiger partial charge < -0.3 is 15.1 Å². The van der Waals surface area contributed by atoms with Crippen molar-refractivity contribution in [3.8, 4) is 0 Å². The fraction of sp³-hybridized carbons (Fsp3) is 0.381. The molecule has 0 unspecified atom stereocenters. The molecule has 1 aromatic heterocycles. The predicted molar refractivity (Wildman–Crippen MR) is 104 cm³/mol. The van der Waals surface area contributed by atoms with E-state index in [2.05, 4.69) is 10.3 Å². The first kappa shape index (κ1) is 20.2. The quantitative estimate of drug-likeness (QED) is 0.828. The van der Waals surface area contributed by atoms with Crippen LogP contribution in [0.2, 0.25) is 0 Å². The van der Waals surface area contributed by atoms with Crippen LogP contribution in [-0.2, 0) is 6.18 Å². The van der Waals surface area contributed by atoms with E-state index in [4.69, 9.17) is 0 Å². The molecule has 0 atom stereocenters. The fourth-order valence-corrected chi connectivity index (χ4v) is 3.44. The molecule has 9 heteroatoms. The van der Waals surface area contributed by atoms with Crippen LogP contribution in [0.25, 0.3) is 0 Å². The Morgan fingerprint density at radius 2 is 1.83 bits per heavy atom. The monoisotopic (exact) mass is 418 g/mol. The molecule has 1 saturated carbocycles. The smallest absolute Gasteiger partial charge is 0.349 e. The van der Waals surface area contributed by atoms with E-state index in [1.807, 2.05) is 4.90 Å². The molecule has 2 aromatic rings. The summed E-state index contributed by atoms with van der Waals surface area (Å²) in [5, 5.41) is 2.89. The number of halogens is 3. The van der Waals surface area contributed by atoms with Crippen molar-refractivity contribution in [1.29, 1.82) is 0 Å². The molecule has 0 radical (unpaired) electrons. The first-order valence-corrected chi connectivity index (χ1v) is 9.80. The second-order valence-electron chi connectivity index (χ2n) is 7.52. The molecule has 2 aliphatic rings. The molecule has 0 bridgehead atoms. The summed E-state index contributed by atoms with van der Waals surface area (Å²) >= 11 is 0. The van der Waals surface area contributed by atoms with Crippen molar-refractivity contribution in [2.24, 2.45) is 0 Å². The van der Waals surface area contributed by atoms with Crippen LogP contribution in [0.15, 0.2) is 42.6 Å². The first-order chi connectivity index (χ1) is 14.3. The molecule has 2 heterocycles. The molecule has 1 aliphatic heterocycles. The Kier molecular flexibility index (Phi) is 5.36. The van der Waals surface area contributed by atoms with Crippen LogP contribution in [0, 0.1) is 0 Å². The van der Waals surface area contributed by atoms with Gasteiger partial charge in [0.05, 0.1) is 23.4 Å². The topological polar surface area (TPSA) is 65.5 Å². The average molecular weight is 418 g/mol. The molecule has 1 saturated heterocycles. The van der Waals surface area contributed by atoms with Crippen LogP contribution in [0.5, 0.6) is 0 Å². The summed E-state index contributed by atoms with van der Waals surface area (Å²) in [5.41, 5.74) is -0.835. The highest BCUT2D eigenvalue weighted by molar-refractivity contribution is 5.96. The standard InChI is InChI=1S/C21H21F3N4O2/c22-21(23,24)17-5-2-1-4-16(17)20(30)28-11-3-10-27(13-28)18-9-6-14(12-25-18)19(29)26-15-7-8-15/h1-2,4-6,9,12,15H,3,7-8,10-11,13H2,(H,26,29). The molecule has 1 aliphatic carbocycles. The highest BCUT2D eigenvalue weighted by Crippen LogP contribution is 2.32. The highest BCUT2D eigenvalue weighted by atomic mass is 19.4. The third-order valence-electron chi connectivity index (χ3n) is 5.19. The lowest BCUT2D eigenvalue weighted by molar-refractivity contribution is -0.138. The second-order valence-corrected chi connectivity index (χ2v) is 7.52. The van der Waals surface area contributed by atoms with Crippen molar-refractivity contribution < 1.29 is 22.8 Å². The van der Waals surface area contributed by atoms with Gasteiger partial charge in [0, 0.05) is 25.3 Å². The Bertz CT molecular complexity index is 942. The van der Waals surface area contributed by atoms with Crippen LogP contribution in [0.3, 0.4) is 0 Å². The number of alkyl halides is 3. The van der Waals surface area contributed by atoms with Gasteiger partial charge in [-0.2, -0.15) is 13.2 Å². The van der Waals surface area contributed by atoms with E-state index in [1.165, 1.54) is 29.3 Å². The Hall–Kier alpha value is -3.10. The van der Waals surface area contributed by atoms with Crippen molar-refractivity contribution in [3.63, 3.8) is 0 Å². The van der Waals surface area contributed by atoms with Crippen LogP contribution in [0.4, 0.5) is 19.0 Å². The van der Waals surface area contributed by atoms with Crippen LogP contribution in [-0.4, -0.2) is 47.5 Å². The summed E-state index contributed by atoms with van der Waals surface area (Å²) in [7, 11) is 0. The van der Waals surface area contributed by atoms with Crippen molar-refractivity contribution in [2.45, 2.75) is 31.5 Å². The number of carbonyl (C=O) groups is 2. The predicted octanol–water partition coefficient (Wildman–Crippen LogP) is 3.30. The van der Waals surface area contributed by atoms with E-state index >= 15 is 0 Å². The third-order valence-corrected chi connectivity index (χ3v) is 5.19. The van der Waals surface area contributed by atoms with Gasteiger partial charge in [0.15, 0.2) is 0 Å². The number of nitrogens with one attached hydrogen (secondary N) is 1. The average Bonchev–Trinajstić information content (AvgIpc) is 3.57. The van der Waals surface area contributed by atoms with Gasteiger partial charge in [-0.05, 0) is 43.5 Å². The molecule has 6 nitrogen and oxygen atoms in total. The number of anilines is 1. The lowest BCUT2D eigenvalue weighted by Crippen LogP contribution is -2.48. The molecular weight excluding hydrogens is 397 g/mol. The van der Waals surface area contributed by atoms with E-state index in [0.717, 1.165) is 18.9 Å². The number of hydrogen-bond acceptors (Lipinski definition) is 4. The lowest BCUT2D eigenvalue weighted by Gasteiger charge is -2.36. The van der Waals surface area contributed by atoms with Crippen LogP contribution >= 0.6 is 0 Å². The number of rotatable bonds is 4. The SMILES string of the molecule is O=C(NC1CC1)c1ccc(N2CCCN(C(=O)c3ccccc3C(F)(F)F)C2)nc1. The number of benzene rings is 1. The summed E-state index contributed by atoms with van der Waals surface area (Å²) in [4.78, 5) is 32.4. The number of amides is 2. The minimum absolute atomic E-state index is 0.131. The molecule has 30 heavy (non-hydrogen) atoms. The first-order valence-electron chi connectivity index (χ1n) is 9.80. The summed E-state index contributed by atoms with van der Waals surface area (Å²) < 4.78 is 39.8. The van der Waals surface area contributed by atoms with Crippen molar-refractivity contribution in [3.05, 3.63) is 59.3 Å². The molecule has 1 aromatic carbocycles. The van der Waals surface area contributed by atoms with Gasteiger partial charge in [-0.15, -0.1) is 0 Å². The molecule has 158 valence electrons. The van der Waals surface area contributed by atoms with Crippen LogP contribution in [0.1, 0.15) is 45.5 Å². The molecule has 0 spiro atoms. The Balaban J connectivity index is 1.47. The number of nitrogens with zero attached hydrogens (tertiary/aromatic N) is 3. The normalized spacial score (nSPS) is 17.0. The van der Waals surface area contributed by atoms with E-state index in [0.29, 0.717) is 30.9 Å². The van der Waals surface area contributed by atoms with Gasteiger partial charge >= 0.3 is 6.18 Å². The summed E-state index contributed by atoms with van der Waals surface area (Å²) in [6.45, 7) is 1.11. The van der Waals surface area contributed by atoms with E-state index in [1.54, 1.807) is 12.1 Å². The van der Waals surface area contributed by atoms with Crippen LogP contribution < -0.4 is 10.2 Å². The number of hydrogen-bond donors (Lipinski definition) is 1.